The molecular formula is C21H27NO6. The largest absolute Gasteiger partial charge is 0.493 e. The number of aliphatic hydroxyl groups excluding tert-OH is 1. The summed E-state index contributed by atoms with van der Waals surface area (Å²) in [5.74, 6) is 0.602. The summed E-state index contributed by atoms with van der Waals surface area (Å²) < 4.78 is 16.0. The number of hydrogen-bond acceptors (Lipinski definition) is 6. The maximum Gasteiger partial charge on any atom is 0.334 e. The molecular weight excluding hydrogens is 362 g/mol. The fourth-order valence-electron chi connectivity index (χ4n) is 3.51. The van der Waals surface area contributed by atoms with Gasteiger partial charge in [-0.05, 0) is 43.4 Å². The lowest BCUT2D eigenvalue weighted by molar-refractivity contribution is -0.154. The van der Waals surface area contributed by atoms with E-state index in [1.165, 1.54) is 7.11 Å². The minimum Gasteiger partial charge on any atom is -0.493 e. The fraction of sp³-hybridized carbons (Fsp3) is 0.524. The first-order chi connectivity index (χ1) is 13.5. The molecule has 0 aliphatic carbocycles. The molecule has 2 aliphatic heterocycles. The van der Waals surface area contributed by atoms with E-state index in [9.17, 15) is 14.7 Å². The highest BCUT2D eigenvalue weighted by atomic mass is 16.5. The highest BCUT2D eigenvalue weighted by molar-refractivity contribution is 5.99. The molecule has 1 unspecified atom stereocenters. The van der Waals surface area contributed by atoms with E-state index in [0.717, 1.165) is 17.7 Å². The Kier molecular flexibility index (Phi) is 6.57. The van der Waals surface area contributed by atoms with Crippen molar-refractivity contribution in [3.05, 3.63) is 29.3 Å². The standard InChI is InChI=1S/C21H27NO6/c1-3-10-27-17-5-4-15-11-16(13-28-18(15)12-17)20(24)22-8-6-14(7-9-22)19(23)21(25)26-2/h4-5,11-12,14,19,23H,3,6-10,13H2,1-2H3. The van der Waals surface area contributed by atoms with Crippen LogP contribution in [0, 0.1) is 5.92 Å². The van der Waals surface area contributed by atoms with Gasteiger partial charge in [0.05, 0.1) is 19.3 Å². The van der Waals surface area contributed by atoms with Crippen LogP contribution in [0.15, 0.2) is 23.8 Å². The lowest BCUT2D eigenvalue weighted by Gasteiger charge is -2.34. The van der Waals surface area contributed by atoms with Gasteiger partial charge in [0, 0.05) is 24.7 Å². The minimum absolute atomic E-state index is 0.0667. The monoisotopic (exact) mass is 389 g/mol. The number of rotatable bonds is 6. The van der Waals surface area contributed by atoms with Gasteiger partial charge in [0.1, 0.15) is 18.1 Å². The lowest BCUT2D eigenvalue weighted by atomic mass is 9.91. The topological polar surface area (TPSA) is 85.3 Å². The SMILES string of the molecule is CCCOc1ccc2c(c1)OCC(C(=O)N1CCC(C(O)C(=O)OC)CC1)=C2. The summed E-state index contributed by atoms with van der Waals surface area (Å²) in [6.45, 7) is 3.90. The van der Waals surface area contributed by atoms with Crippen molar-refractivity contribution in [2.24, 2.45) is 5.92 Å². The summed E-state index contributed by atoms with van der Waals surface area (Å²) in [7, 11) is 1.26. The van der Waals surface area contributed by atoms with Crippen LogP contribution in [0.25, 0.3) is 6.08 Å². The number of esters is 1. The molecule has 3 rings (SSSR count). The predicted molar refractivity (Wildman–Crippen MR) is 103 cm³/mol. The Hall–Kier alpha value is -2.54. The Balaban J connectivity index is 1.61. The maximum absolute atomic E-state index is 12.8. The van der Waals surface area contributed by atoms with Crippen molar-refractivity contribution in [2.75, 3.05) is 33.4 Å². The van der Waals surface area contributed by atoms with Gasteiger partial charge in [-0.1, -0.05) is 6.92 Å². The molecule has 2 aliphatic rings. The van der Waals surface area contributed by atoms with Crippen LogP contribution in [-0.2, 0) is 14.3 Å². The molecule has 1 fully saturated rings. The molecule has 0 aromatic heterocycles. The van der Waals surface area contributed by atoms with Gasteiger partial charge in [0.15, 0.2) is 6.10 Å². The zero-order chi connectivity index (χ0) is 20.1. The van der Waals surface area contributed by atoms with Gasteiger partial charge in [-0.25, -0.2) is 4.79 Å². The van der Waals surface area contributed by atoms with E-state index in [0.29, 0.717) is 43.9 Å². The third-order valence-corrected chi connectivity index (χ3v) is 5.16. The quantitative estimate of drug-likeness (QED) is 0.750. The fourth-order valence-corrected chi connectivity index (χ4v) is 3.51. The first-order valence-corrected chi connectivity index (χ1v) is 9.69. The molecule has 0 bridgehead atoms. The molecule has 0 spiro atoms. The second-order valence-corrected chi connectivity index (χ2v) is 7.10. The zero-order valence-corrected chi connectivity index (χ0v) is 16.3. The Morgan fingerprint density at radius 2 is 2.07 bits per heavy atom. The Bertz CT molecular complexity index is 751. The molecule has 152 valence electrons. The van der Waals surface area contributed by atoms with Crippen molar-refractivity contribution >= 4 is 18.0 Å². The number of fused-ring (bicyclic) bond motifs is 1. The molecule has 0 radical (unpaired) electrons. The van der Waals surface area contributed by atoms with Crippen LogP contribution in [0.3, 0.4) is 0 Å². The molecule has 7 nitrogen and oxygen atoms in total. The molecule has 2 heterocycles. The van der Waals surface area contributed by atoms with Crippen LogP contribution in [0.1, 0.15) is 31.7 Å². The highest BCUT2D eigenvalue weighted by Gasteiger charge is 2.33. The number of piperidine rings is 1. The van der Waals surface area contributed by atoms with Gasteiger partial charge in [0.2, 0.25) is 0 Å². The summed E-state index contributed by atoms with van der Waals surface area (Å²) in [6, 6.07) is 5.62. The van der Waals surface area contributed by atoms with Crippen LogP contribution >= 0.6 is 0 Å². The molecule has 1 atom stereocenters. The van der Waals surface area contributed by atoms with Gasteiger partial charge in [-0.2, -0.15) is 0 Å². The van der Waals surface area contributed by atoms with Crippen LogP contribution in [0.4, 0.5) is 0 Å². The Morgan fingerprint density at radius 1 is 1.32 bits per heavy atom. The lowest BCUT2D eigenvalue weighted by Crippen LogP contribution is -2.44. The van der Waals surface area contributed by atoms with E-state index in [1.54, 1.807) is 4.90 Å². The molecule has 1 N–H and O–H groups in total. The van der Waals surface area contributed by atoms with Crippen molar-refractivity contribution in [3.63, 3.8) is 0 Å². The number of likely N-dealkylation sites (tertiary alicyclic amines) is 1. The van der Waals surface area contributed by atoms with Crippen molar-refractivity contribution < 1.29 is 28.9 Å². The summed E-state index contributed by atoms with van der Waals surface area (Å²) in [4.78, 5) is 26.1. The van der Waals surface area contributed by atoms with Crippen LogP contribution in [0.2, 0.25) is 0 Å². The number of benzene rings is 1. The smallest absolute Gasteiger partial charge is 0.334 e. The van der Waals surface area contributed by atoms with Gasteiger partial charge in [-0.3, -0.25) is 4.79 Å². The second-order valence-electron chi connectivity index (χ2n) is 7.10. The number of amides is 1. The normalized spacial score (nSPS) is 17.8. The van der Waals surface area contributed by atoms with E-state index in [4.69, 9.17) is 9.47 Å². The first kappa shape index (κ1) is 20.2. The van der Waals surface area contributed by atoms with Crippen molar-refractivity contribution in [1.82, 2.24) is 4.90 Å². The van der Waals surface area contributed by atoms with E-state index in [1.807, 2.05) is 24.3 Å². The number of carbonyl (C=O) groups is 2. The maximum atomic E-state index is 12.8. The number of aliphatic hydroxyl groups is 1. The van der Waals surface area contributed by atoms with Crippen molar-refractivity contribution in [3.8, 4) is 11.5 Å². The molecule has 1 aromatic carbocycles. The van der Waals surface area contributed by atoms with Gasteiger partial charge in [-0.15, -0.1) is 0 Å². The van der Waals surface area contributed by atoms with Gasteiger partial charge in [0.25, 0.3) is 5.91 Å². The number of nitrogens with zero attached hydrogens (tertiary/aromatic N) is 1. The molecule has 0 saturated carbocycles. The molecule has 1 aromatic rings. The van der Waals surface area contributed by atoms with Crippen molar-refractivity contribution in [1.29, 1.82) is 0 Å². The zero-order valence-electron chi connectivity index (χ0n) is 16.3. The van der Waals surface area contributed by atoms with Gasteiger partial charge < -0.3 is 24.2 Å². The van der Waals surface area contributed by atoms with Crippen LogP contribution in [0.5, 0.6) is 11.5 Å². The number of hydrogen-bond donors (Lipinski definition) is 1. The average Bonchev–Trinajstić information content (AvgIpc) is 2.75. The minimum atomic E-state index is -1.13. The Morgan fingerprint density at radius 3 is 2.75 bits per heavy atom. The first-order valence-electron chi connectivity index (χ1n) is 9.69. The number of carbonyl (C=O) groups excluding carboxylic acids is 2. The van der Waals surface area contributed by atoms with Gasteiger partial charge >= 0.3 is 5.97 Å². The summed E-state index contributed by atoms with van der Waals surface area (Å²) >= 11 is 0. The van der Waals surface area contributed by atoms with Crippen LogP contribution < -0.4 is 9.47 Å². The number of methoxy groups -OCH3 is 1. The third kappa shape index (κ3) is 4.47. The summed E-state index contributed by atoms with van der Waals surface area (Å²) in [6.07, 6.45) is 2.79. The second kappa shape index (κ2) is 9.10. The molecule has 1 saturated heterocycles. The summed E-state index contributed by atoms with van der Waals surface area (Å²) in [5, 5.41) is 9.98. The predicted octanol–water partition coefficient (Wildman–Crippen LogP) is 2.02. The van der Waals surface area contributed by atoms with E-state index in [2.05, 4.69) is 11.7 Å². The van der Waals surface area contributed by atoms with E-state index < -0.39 is 12.1 Å². The average molecular weight is 389 g/mol. The Labute approximate surface area is 164 Å². The molecule has 28 heavy (non-hydrogen) atoms. The van der Waals surface area contributed by atoms with E-state index >= 15 is 0 Å². The molecule has 7 heteroatoms. The van der Waals surface area contributed by atoms with E-state index in [-0.39, 0.29) is 18.4 Å². The van der Waals surface area contributed by atoms with Crippen molar-refractivity contribution in [2.45, 2.75) is 32.3 Å². The highest BCUT2D eigenvalue weighted by Crippen LogP contribution is 2.31. The van der Waals surface area contributed by atoms with Crippen LogP contribution in [-0.4, -0.2) is 61.4 Å². The molecule has 1 amide bonds. The number of ether oxygens (including phenoxy) is 3. The third-order valence-electron chi connectivity index (χ3n) is 5.16. The summed E-state index contributed by atoms with van der Waals surface area (Å²) in [5.41, 5.74) is 1.45.